The number of nitrogens with zero attached hydrogens (tertiary/aromatic N) is 1. The number of benzene rings is 2. The molecule has 2 aromatic carbocycles. The van der Waals surface area contributed by atoms with E-state index in [4.69, 9.17) is 9.15 Å². The molecule has 1 aromatic heterocycles. The van der Waals surface area contributed by atoms with Crippen LogP contribution in [0.3, 0.4) is 0 Å². The Morgan fingerprint density at radius 2 is 2.00 bits per heavy atom. The zero-order valence-corrected chi connectivity index (χ0v) is 16.6. The zero-order valence-electron chi connectivity index (χ0n) is 16.6. The summed E-state index contributed by atoms with van der Waals surface area (Å²) < 4.78 is 11.6. The first-order valence-corrected chi connectivity index (χ1v) is 9.48. The Hall–Kier alpha value is -3.08. The van der Waals surface area contributed by atoms with Crippen LogP contribution in [0, 0.1) is 6.92 Å². The van der Waals surface area contributed by atoms with Gasteiger partial charge in [-0.1, -0.05) is 12.1 Å². The van der Waals surface area contributed by atoms with Gasteiger partial charge in [0.25, 0.3) is 0 Å². The first-order chi connectivity index (χ1) is 13.3. The minimum absolute atomic E-state index is 0.203. The highest BCUT2D eigenvalue weighted by molar-refractivity contribution is 6.01. The molecule has 2 heterocycles. The van der Waals surface area contributed by atoms with Crippen LogP contribution in [0.1, 0.15) is 43.9 Å². The van der Waals surface area contributed by atoms with Gasteiger partial charge in [0.15, 0.2) is 0 Å². The van der Waals surface area contributed by atoms with Crippen LogP contribution in [-0.4, -0.2) is 11.3 Å². The van der Waals surface area contributed by atoms with Crippen molar-refractivity contribution < 1.29 is 9.15 Å². The summed E-state index contributed by atoms with van der Waals surface area (Å²) in [4.78, 5) is 12.5. The van der Waals surface area contributed by atoms with Gasteiger partial charge in [0, 0.05) is 11.5 Å². The van der Waals surface area contributed by atoms with Gasteiger partial charge >= 0.3 is 5.63 Å². The van der Waals surface area contributed by atoms with Crippen LogP contribution in [0.2, 0.25) is 0 Å². The van der Waals surface area contributed by atoms with Gasteiger partial charge in [-0.2, -0.15) is 5.10 Å². The van der Waals surface area contributed by atoms with Crippen molar-refractivity contribution in [2.24, 2.45) is 5.10 Å². The molecule has 0 fully saturated rings. The van der Waals surface area contributed by atoms with Gasteiger partial charge in [-0.3, -0.25) is 5.43 Å². The lowest BCUT2D eigenvalue weighted by Crippen LogP contribution is -2.32. The van der Waals surface area contributed by atoms with E-state index in [1.54, 1.807) is 6.92 Å². The molecule has 0 unspecified atom stereocenters. The van der Waals surface area contributed by atoms with Gasteiger partial charge < -0.3 is 9.15 Å². The number of aryl methyl sites for hydroxylation is 2. The van der Waals surface area contributed by atoms with E-state index in [1.807, 2.05) is 49.4 Å². The third kappa shape index (κ3) is 3.65. The first-order valence-electron chi connectivity index (χ1n) is 9.48. The molecule has 144 valence electrons. The van der Waals surface area contributed by atoms with Crippen LogP contribution in [0.5, 0.6) is 5.75 Å². The highest BCUT2D eigenvalue weighted by Crippen LogP contribution is 2.35. The monoisotopic (exact) mass is 376 g/mol. The number of nitrogens with one attached hydrogen (secondary N) is 1. The van der Waals surface area contributed by atoms with E-state index < -0.39 is 5.63 Å². The maximum absolute atomic E-state index is 12.5. The minimum atomic E-state index is -0.408. The molecule has 4 rings (SSSR count). The van der Waals surface area contributed by atoms with E-state index >= 15 is 0 Å². The number of anilines is 1. The van der Waals surface area contributed by atoms with E-state index in [9.17, 15) is 4.79 Å². The van der Waals surface area contributed by atoms with Crippen LogP contribution in [0.15, 0.2) is 56.8 Å². The lowest BCUT2D eigenvalue weighted by molar-refractivity contribution is 0.0848. The van der Waals surface area contributed by atoms with E-state index in [1.165, 1.54) is 0 Å². The second-order valence-corrected chi connectivity index (χ2v) is 7.99. The maximum atomic E-state index is 12.5. The second-order valence-electron chi connectivity index (χ2n) is 7.99. The molecule has 0 aliphatic carbocycles. The van der Waals surface area contributed by atoms with Gasteiger partial charge in [-0.25, -0.2) is 4.79 Å². The molecule has 0 amide bonds. The summed E-state index contributed by atoms with van der Waals surface area (Å²) in [5.74, 6) is 0.797. The smallest absolute Gasteiger partial charge is 0.345 e. The Balaban J connectivity index is 1.69. The van der Waals surface area contributed by atoms with E-state index in [-0.39, 0.29) is 5.60 Å². The molecule has 0 bridgehead atoms. The molecular formula is C23H24N2O3. The summed E-state index contributed by atoms with van der Waals surface area (Å²) in [6.45, 7) is 7.96. The van der Waals surface area contributed by atoms with Crippen molar-refractivity contribution in [2.75, 3.05) is 5.43 Å². The summed E-state index contributed by atoms with van der Waals surface area (Å²) >= 11 is 0. The molecule has 1 N–H and O–H groups in total. The lowest BCUT2D eigenvalue weighted by atomic mass is 9.93. The van der Waals surface area contributed by atoms with Crippen molar-refractivity contribution in [1.29, 1.82) is 0 Å². The van der Waals surface area contributed by atoms with E-state index in [0.29, 0.717) is 16.9 Å². The van der Waals surface area contributed by atoms with Crippen molar-refractivity contribution >= 4 is 22.4 Å². The van der Waals surface area contributed by atoms with Gasteiger partial charge in [0.1, 0.15) is 16.9 Å². The number of hydrazone groups is 1. The summed E-state index contributed by atoms with van der Waals surface area (Å²) in [5, 5.41) is 5.24. The maximum Gasteiger partial charge on any atom is 0.345 e. The van der Waals surface area contributed by atoms with Crippen LogP contribution < -0.4 is 15.8 Å². The summed E-state index contributed by atoms with van der Waals surface area (Å²) in [5.41, 5.74) is 7.10. The molecule has 28 heavy (non-hydrogen) atoms. The third-order valence-corrected chi connectivity index (χ3v) is 5.06. The van der Waals surface area contributed by atoms with Gasteiger partial charge in [-0.05, 0) is 75.9 Å². The Morgan fingerprint density at radius 3 is 2.79 bits per heavy atom. The van der Waals surface area contributed by atoms with Gasteiger partial charge in [0.05, 0.1) is 17.0 Å². The summed E-state index contributed by atoms with van der Waals surface area (Å²) in [6, 6.07) is 13.6. The lowest BCUT2D eigenvalue weighted by Gasteiger charge is -2.32. The average Bonchev–Trinajstić information content (AvgIpc) is 2.63. The predicted molar refractivity (Wildman–Crippen MR) is 113 cm³/mol. The Bertz CT molecular complexity index is 1140. The molecule has 1 aliphatic rings. The molecule has 1 aliphatic heterocycles. The van der Waals surface area contributed by atoms with Crippen molar-refractivity contribution in [1.82, 2.24) is 0 Å². The van der Waals surface area contributed by atoms with E-state index in [0.717, 1.165) is 40.8 Å². The summed E-state index contributed by atoms with van der Waals surface area (Å²) in [7, 11) is 0. The average molecular weight is 376 g/mol. The molecule has 5 nitrogen and oxygen atoms in total. The SMILES string of the molecule is C/C(=N\Nc1cccc(C)c1)c1cc2cc3c(cc2oc1=O)OC(C)(C)CC3. The number of fused-ring (bicyclic) bond motifs is 2. The second kappa shape index (κ2) is 6.82. The van der Waals surface area contributed by atoms with Gasteiger partial charge in [0.2, 0.25) is 0 Å². The number of hydrogen-bond donors (Lipinski definition) is 1. The topological polar surface area (TPSA) is 63.8 Å². The molecule has 0 saturated carbocycles. The number of ether oxygens (including phenoxy) is 1. The van der Waals surface area contributed by atoms with E-state index in [2.05, 4.69) is 24.4 Å². The normalized spacial score (nSPS) is 15.8. The molecule has 0 radical (unpaired) electrons. The first kappa shape index (κ1) is 18.3. The van der Waals surface area contributed by atoms with Crippen molar-refractivity contribution in [3.05, 3.63) is 69.6 Å². The number of hydrogen-bond acceptors (Lipinski definition) is 5. The van der Waals surface area contributed by atoms with Crippen LogP contribution in [-0.2, 0) is 6.42 Å². The van der Waals surface area contributed by atoms with Crippen molar-refractivity contribution in [3.63, 3.8) is 0 Å². The predicted octanol–water partition coefficient (Wildman–Crippen LogP) is 5.04. The third-order valence-electron chi connectivity index (χ3n) is 5.06. The fourth-order valence-corrected chi connectivity index (χ4v) is 3.45. The Labute approximate surface area is 164 Å². The Kier molecular flexibility index (Phi) is 4.46. The standard InChI is InChI=1S/C23H24N2O3/c1-14-6-5-7-18(10-14)25-24-15(2)19-12-17-11-16-8-9-23(3,4)28-21(16)13-20(17)27-22(19)26/h5-7,10-13,25H,8-9H2,1-4H3/b24-15+. The highest BCUT2D eigenvalue weighted by atomic mass is 16.5. The Morgan fingerprint density at radius 1 is 1.18 bits per heavy atom. The van der Waals surface area contributed by atoms with Crippen LogP contribution in [0.25, 0.3) is 11.0 Å². The van der Waals surface area contributed by atoms with Crippen LogP contribution >= 0.6 is 0 Å². The number of rotatable bonds is 3. The molecule has 0 saturated heterocycles. The fourth-order valence-electron chi connectivity index (χ4n) is 3.45. The largest absolute Gasteiger partial charge is 0.487 e. The molecular weight excluding hydrogens is 352 g/mol. The fraction of sp³-hybridized carbons (Fsp3) is 0.304. The quantitative estimate of drug-likeness (QED) is 0.395. The van der Waals surface area contributed by atoms with Crippen molar-refractivity contribution in [2.45, 2.75) is 46.1 Å². The molecule has 0 spiro atoms. The molecule has 0 atom stereocenters. The van der Waals surface area contributed by atoms with Crippen LogP contribution in [0.4, 0.5) is 5.69 Å². The highest BCUT2D eigenvalue weighted by Gasteiger charge is 2.27. The zero-order chi connectivity index (χ0) is 19.9. The molecule has 5 heteroatoms. The minimum Gasteiger partial charge on any atom is -0.487 e. The summed E-state index contributed by atoms with van der Waals surface area (Å²) in [6.07, 6.45) is 1.89. The van der Waals surface area contributed by atoms with Gasteiger partial charge in [-0.15, -0.1) is 0 Å². The van der Waals surface area contributed by atoms with Crippen molar-refractivity contribution in [3.8, 4) is 5.75 Å². The molecule has 3 aromatic rings.